The Kier molecular flexibility index (Phi) is 3.76. The van der Waals surface area contributed by atoms with Crippen molar-refractivity contribution in [1.29, 1.82) is 5.26 Å². The van der Waals surface area contributed by atoms with E-state index in [1.165, 1.54) is 0 Å². The van der Waals surface area contributed by atoms with Crippen molar-refractivity contribution < 1.29 is 22.7 Å². The van der Waals surface area contributed by atoms with Crippen LogP contribution in [0.5, 0.6) is 0 Å². The summed E-state index contributed by atoms with van der Waals surface area (Å²) in [6, 6.07) is 4.04. The predicted octanol–water partition coefficient (Wildman–Crippen LogP) is 2.33. The standard InChI is InChI=1S/C12H10N2O5S2/c1-6-7(2)20-11(8(6)5-13)14-21(17,18)10-4-3-9(19-10)12(15)16/h3-4,14H,1-2H3,(H,15,16). The fraction of sp³-hybridized carbons (Fsp3) is 0.167. The van der Waals surface area contributed by atoms with Gasteiger partial charge in [0.05, 0.1) is 5.56 Å². The van der Waals surface area contributed by atoms with Crippen LogP contribution in [-0.2, 0) is 10.0 Å². The van der Waals surface area contributed by atoms with Crippen molar-refractivity contribution in [3.8, 4) is 6.07 Å². The molecule has 2 aromatic heterocycles. The second-order valence-electron chi connectivity index (χ2n) is 4.13. The molecule has 0 saturated heterocycles. The zero-order valence-corrected chi connectivity index (χ0v) is 12.6. The number of rotatable bonds is 4. The van der Waals surface area contributed by atoms with E-state index in [2.05, 4.69) is 4.72 Å². The van der Waals surface area contributed by atoms with Crippen molar-refractivity contribution >= 4 is 32.3 Å². The zero-order valence-electron chi connectivity index (χ0n) is 11.0. The number of nitrogens with one attached hydrogen (secondary N) is 1. The molecule has 0 saturated carbocycles. The predicted molar refractivity (Wildman–Crippen MR) is 75.0 cm³/mol. The number of aromatic carboxylic acids is 1. The number of carbonyl (C=O) groups is 1. The minimum absolute atomic E-state index is 0.181. The summed E-state index contributed by atoms with van der Waals surface area (Å²) >= 11 is 1.13. The lowest BCUT2D eigenvalue weighted by Gasteiger charge is -2.03. The van der Waals surface area contributed by atoms with Crippen LogP contribution in [0.15, 0.2) is 21.6 Å². The van der Waals surface area contributed by atoms with Crippen LogP contribution in [0.25, 0.3) is 0 Å². The van der Waals surface area contributed by atoms with Crippen LogP contribution in [0.3, 0.4) is 0 Å². The summed E-state index contributed by atoms with van der Waals surface area (Å²) in [6.07, 6.45) is 0. The molecule has 0 radical (unpaired) electrons. The van der Waals surface area contributed by atoms with Gasteiger partial charge < -0.3 is 9.52 Å². The number of nitrogens with zero attached hydrogens (tertiary/aromatic N) is 1. The van der Waals surface area contributed by atoms with Crippen LogP contribution >= 0.6 is 11.3 Å². The molecule has 0 fully saturated rings. The van der Waals surface area contributed by atoms with Crippen molar-refractivity contribution in [3.63, 3.8) is 0 Å². The van der Waals surface area contributed by atoms with Gasteiger partial charge in [-0.3, -0.25) is 4.72 Å². The molecular weight excluding hydrogens is 316 g/mol. The van der Waals surface area contributed by atoms with E-state index in [1.54, 1.807) is 13.8 Å². The molecule has 0 aliphatic rings. The fourth-order valence-electron chi connectivity index (χ4n) is 1.59. The van der Waals surface area contributed by atoms with Gasteiger partial charge in [-0.25, -0.2) is 4.79 Å². The smallest absolute Gasteiger partial charge is 0.371 e. The molecule has 2 rings (SSSR count). The summed E-state index contributed by atoms with van der Waals surface area (Å²) in [6.45, 7) is 3.49. The van der Waals surface area contributed by atoms with Gasteiger partial charge in [-0.2, -0.15) is 13.7 Å². The minimum atomic E-state index is -4.08. The first-order valence-electron chi connectivity index (χ1n) is 5.62. The maximum atomic E-state index is 12.1. The number of nitriles is 1. The van der Waals surface area contributed by atoms with E-state index in [0.29, 0.717) is 5.56 Å². The van der Waals surface area contributed by atoms with E-state index in [-0.39, 0.29) is 10.6 Å². The van der Waals surface area contributed by atoms with E-state index in [1.807, 2.05) is 6.07 Å². The number of thiophene rings is 1. The second-order valence-corrected chi connectivity index (χ2v) is 6.97. The van der Waals surface area contributed by atoms with Gasteiger partial charge in [-0.15, -0.1) is 11.3 Å². The summed E-state index contributed by atoms with van der Waals surface area (Å²) in [5, 5.41) is 17.5. The van der Waals surface area contributed by atoms with Crippen LogP contribution in [0.4, 0.5) is 5.00 Å². The van der Waals surface area contributed by atoms with Gasteiger partial charge in [0.1, 0.15) is 11.1 Å². The van der Waals surface area contributed by atoms with Crippen molar-refractivity contribution in [2.45, 2.75) is 18.9 Å². The minimum Gasteiger partial charge on any atom is -0.475 e. The van der Waals surface area contributed by atoms with Gasteiger partial charge in [-0.1, -0.05) is 0 Å². The van der Waals surface area contributed by atoms with Gasteiger partial charge >= 0.3 is 5.97 Å². The van der Waals surface area contributed by atoms with E-state index in [9.17, 15) is 13.2 Å². The molecule has 0 bridgehead atoms. The van der Waals surface area contributed by atoms with Crippen LogP contribution in [0, 0.1) is 25.2 Å². The molecule has 21 heavy (non-hydrogen) atoms. The highest BCUT2D eigenvalue weighted by molar-refractivity contribution is 7.92. The van der Waals surface area contributed by atoms with Crippen LogP contribution in [0.1, 0.15) is 26.6 Å². The molecule has 0 aliphatic carbocycles. The van der Waals surface area contributed by atoms with E-state index >= 15 is 0 Å². The first-order chi connectivity index (χ1) is 9.76. The quantitative estimate of drug-likeness (QED) is 0.889. The topological polar surface area (TPSA) is 120 Å². The van der Waals surface area contributed by atoms with Crippen molar-refractivity contribution in [3.05, 3.63) is 33.9 Å². The molecular formula is C12H10N2O5S2. The third-order valence-corrected chi connectivity index (χ3v) is 5.26. The average molecular weight is 326 g/mol. The van der Waals surface area contributed by atoms with Crippen molar-refractivity contribution in [2.75, 3.05) is 4.72 Å². The summed E-state index contributed by atoms with van der Waals surface area (Å²) in [4.78, 5) is 11.5. The van der Waals surface area contributed by atoms with E-state index in [4.69, 9.17) is 14.8 Å². The molecule has 110 valence electrons. The molecule has 0 unspecified atom stereocenters. The van der Waals surface area contributed by atoms with E-state index < -0.39 is 26.8 Å². The SMILES string of the molecule is Cc1sc(NS(=O)(=O)c2ccc(C(=O)O)o2)c(C#N)c1C. The van der Waals surface area contributed by atoms with Gasteiger partial charge in [0.2, 0.25) is 10.9 Å². The molecule has 0 atom stereocenters. The zero-order chi connectivity index (χ0) is 15.8. The highest BCUT2D eigenvalue weighted by Gasteiger charge is 2.24. The second kappa shape index (κ2) is 5.23. The summed E-state index contributed by atoms with van der Waals surface area (Å²) in [5.74, 6) is -1.84. The number of hydrogen-bond donors (Lipinski definition) is 2. The maximum absolute atomic E-state index is 12.1. The van der Waals surface area contributed by atoms with Gasteiger partial charge in [-0.05, 0) is 31.5 Å². The van der Waals surface area contributed by atoms with Crippen molar-refractivity contribution in [1.82, 2.24) is 0 Å². The first-order valence-corrected chi connectivity index (χ1v) is 7.92. The van der Waals surface area contributed by atoms with Gasteiger partial charge in [0.25, 0.3) is 10.0 Å². The molecule has 2 heterocycles. The third-order valence-electron chi connectivity index (χ3n) is 2.78. The third kappa shape index (κ3) is 2.76. The van der Waals surface area contributed by atoms with Crippen LogP contribution < -0.4 is 4.72 Å². The number of carboxylic acid groups (broad SMARTS) is 1. The van der Waals surface area contributed by atoms with E-state index in [0.717, 1.165) is 28.3 Å². The highest BCUT2D eigenvalue weighted by Crippen LogP contribution is 2.33. The lowest BCUT2D eigenvalue weighted by atomic mass is 10.2. The molecule has 2 N–H and O–H groups in total. The monoisotopic (exact) mass is 326 g/mol. The molecule has 0 aromatic carbocycles. The Labute approximate surface area is 124 Å². The number of carboxylic acids is 1. The summed E-state index contributed by atoms with van der Waals surface area (Å²) in [5.41, 5.74) is 0.942. The number of anilines is 1. The van der Waals surface area contributed by atoms with Gasteiger partial charge in [0, 0.05) is 4.88 Å². The Morgan fingerprint density at radius 3 is 2.62 bits per heavy atom. The average Bonchev–Trinajstić information content (AvgIpc) is 2.97. The Bertz CT molecular complexity index is 855. The Hall–Kier alpha value is -2.31. The number of sulfonamides is 1. The number of hydrogen-bond acceptors (Lipinski definition) is 6. The molecule has 0 spiro atoms. The molecule has 0 amide bonds. The summed E-state index contributed by atoms with van der Waals surface area (Å²) in [7, 11) is -4.08. The summed E-state index contributed by atoms with van der Waals surface area (Å²) < 4.78 is 31.3. The molecule has 9 heteroatoms. The fourth-order valence-corrected chi connectivity index (χ4v) is 3.84. The van der Waals surface area contributed by atoms with Crippen LogP contribution in [-0.4, -0.2) is 19.5 Å². The Balaban J connectivity index is 2.40. The largest absolute Gasteiger partial charge is 0.475 e. The van der Waals surface area contributed by atoms with Crippen LogP contribution in [0.2, 0.25) is 0 Å². The van der Waals surface area contributed by atoms with Crippen molar-refractivity contribution in [2.24, 2.45) is 0 Å². The Morgan fingerprint density at radius 1 is 1.43 bits per heavy atom. The molecule has 2 aromatic rings. The lowest BCUT2D eigenvalue weighted by molar-refractivity contribution is 0.0656. The lowest BCUT2D eigenvalue weighted by Crippen LogP contribution is -2.12. The maximum Gasteiger partial charge on any atom is 0.371 e. The normalized spacial score (nSPS) is 11.1. The molecule has 7 nitrogen and oxygen atoms in total. The first kappa shape index (κ1) is 15.1. The number of furan rings is 1. The molecule has 0 aliphatic heterocycles. The number of aryl methyl sites for hydroxylation is 1. The highest BCUT2D eigenvalue weighted by atomic mass is 32.2. The Morgan fingerprint density at radius 2 is 2.10 bits per heavy atom. The van der Waals surface area contributed by atoms with Gasteiger partial charge in [0.15, 0.2) is 0 Å².